The lowest BCUT2D eigenvalue weighted by atomic mass is 9.94. The average molecular weight is 570 g/mol. The Morgan fingerprint density at radius 2 is 1.51 bits per heavy atom. The van der Waals surface area contributed by atoms with Crippen LogP contribution in [0.4, 0.5) is 11.4 Å². The molecule has 3 aliphatic heterocycles. The van der Waals surface area contributed by atoms with Gasteiger partial charge in [0.15, 0.2) is 0 Å². The molecule has 13 nitrogen and oxygen atoms in total. The van der Waals surface area contributed by atoms with Crippen molar-refractivity contribution < 1.29 is 33.7 Å². The molecular weight excluding hydrogens is 534 g/mol. The highest BCUT2D eigenvalue weighted by atomic mass is 16.6. The van der Waals surface area contributed by atoms with Crippen LogP contribution >= 0.6 is 0 Å². The second kappa shape index (κ2) is 11.8. The maximum atomic E-state index is 13.1. The fourth-order valence-electron chi connectivity index (χ4n) is 5.70. The summed E-state index contributed by atoms with van der Waals surface area (Å²) in [6, 6.07) is 2.59. The number of nitrogens with zero attached hydrogens (tertiary/aromatic N) is 4. The van der Waals surface area contributed by atoms with Crippen LogP contribution in [-0.4, -0.2) is 76.3 Å². The number of nitro benzene ring substituents is 1. The van der Waals surface area contributed by atoms with Crippen LogP contribution in [0.5, 0.6) is 0 Å². The monoisotopic (exact) mass is 569 g/mol. The molecule has 0 spiro atoms. The Bertz CT molecular complexity index is 1320. The second-order valence-electron chi connectivity index (χ2n) is 11.4. The lowest BCUT2D eigenvalue weighted by molar-refractivity contribution is -0.384. The van der Waals surface area contributed by atoms with Crippen molar-refractivity contribution in [1.82, 2.24) is 15.1 Å². The number of nitro groups is 1. The summed E-state index contributed by atoms with van der Waals surface area (Å²) in [5.74, 6) is -3.04. The van der Waals surface area contributed by atoms with E-state index < -0.39 is 28.3 Å². The van der Waals surface area contributed by atoms with Crippen LogP contribution in [0.2, 0.25) is 0 Å². The predicted molar refractivity (Wildman–Crippen MR) is 145 cm³/mol. The molecule has 41 heavy (non-hydrogen) atoms. The van der Waals surface area contributed by atoms with Gasteiger partial charge in [0, 0.05) is 68.9 Å². The SMILES string of the molecule is CC(C)C1CC(=O)N(CCNC(=O)c2cc3c(c([N+](=O)[O-])c2)N(C(=O)CCN2C(=O)CC(C(C)C)C2=O)CC3)C1=O. The number of imide groups is 2. The summed E-state index contributed by atoms with van der Waals surface area (Å²) in [7, 11) is 0. The van der Waals surface area contributed by atoms with Gasteiger partial charge in [-0.3, -0.25) is 48.7 Å². The van der Waals surface area contributed by atoms with Crippen molar-refractivity contribution in [3.05, 3.63) is 33.4 Å². The molecule has 220 valence electrons. The molecular formula is C28H35N5O8. The molecule has 3 heterocycles. The van der Waals surface area contributed by atoms with E-state index in [-0.39, 0.29) is 104 Å². The van der Waals surface area contributed by atoms with Crippen molar-refractivity contribution in [2.24, 2.45) is 23.7 Å². The van der Waals surface area contributed by atoms with Gasteiger partial charge < -0.3 is 10.2 Å². The van der Waals surface area contributed by atoms with Crippen LogP contribution in [-0.2, 0) is 30.4 Å². The number of carbonyl (C=O) groups is 6. The molecule has 2 fully saturated rings. The molecule has 6 amide bonds. The molecule has 0 aromatic heterocycles. The molecule has 13 heteroatoms. The number of hydrogen-bond donors (Lipinski definition) is 1. The summed E-state index contributed by atoms with van der Waals surface area (Å²) in [6.07, 6.45) is 0.358. The van der Waals surface area contributed by atoms with Gasteiger partial charge in [-0.15, -0.1) is 0 Å². The van der Waals surface area contributed by atoms with E-state index in [0.717, 1.165) is 15.9 Å². The fraction of sp³-hybridized carbons (Fsp3) is 0.571. The van der Waals surface area contributed by atoms with Crippen molar-refractivity contribution in [2.75, 3.05) is 31.1 Å². The molecule has 3 aliphatic rings. The molecule has 4 rings (SSSR count). The van der Waals surface area contributed by atoms with Crippen LogP contribution in [0.15, 0.2) is 12.1 Å². The maximum absolute atomic E-state index is 13.1. The lowest BCUT2D eigenvalue weighted by Gasteiger charge is -2.20. The molecule has 0 bridgehead atoms. The molecule has 2 atom stereocenters. The van der Waals surface area contributed by atoms with Gasteiger partial charge in [-0.2, -0.15) is 0 Å². The minimum absolute atomic E-state index is 0.00186. The summed E-state index contributed by atoms with van der Waals surface area (Å²) in [5, 5.41) is 14.6. The predicted octanol–water partition coefficient (Wildman–Crippen LogP) is 1.67. The van der Waals surface area contributed by atoms with Crippen LogP contribution in [0.25, 0.3) is 0 Å². The Balaban J connectivity index is 1.41. The molecule has 2 unspecified atom stereocenters. The lowest BCUT2D eigenvalue weighted by Crippen LogP contribution is -2.39. The van der Waals surface area contributed by atoms with Crippen LogP contribution < -0.4 is 10.2 Å². The first-order valence-electron chi connectivity index (χ1n) is 13.9. The zero-order valence-corrected chi connectivity index (χ0v) is 23.7. The van der Waals surface area contributed by atoms with Crippen molar-refractivity contribution in [3.8, 4) is 0 Å². The number of carbonyl (C=O) groups excluding carboxylic acids is 6. The van der Waals surface area contributed by atoms with Gasteiger partial charge in [-0.05, 0) is 29.9 Å². The molecule has 1 N–H and O–H groups in total. The number of nitrogens with one attached hydrogen (secondary N) is 1. The topological polar surface area (TPSA) is 167 Å². The van der Waals surface area contributed by atoms with Crippen LogP contribution in [0.1, 0.15) is 62.9 Å². The van der Waals surface area contributed by atoms with Crippen LogP contribution in [0.3, 0.4) is 0 Å². The quantitative estimate of drug-likeness (QED) is 0.252. The number of amides is 6. The van der Waals surface area contributed by atoms with Gasteiger partial charge in [-0.1, -0.05) is 27.7 Å². The van der Waals surface area contributed by atoms with E-state index in [1.54, 1.807) is 0 Å². The zero-order valence-electron chi connectivity index (χ0n) is 23.7. The maximum Gasteiger partial charge on any atom is 0.294 e. The van der Waals surface area contributed by atoms with Crippen LogP contribution in [0, 0.1) is 33.8 Å². The minimum atomic E-state index is -0.657. The summed E-state index contributed by atoms with van der Waals surface area (Å²) < 4.78 is 0. The van der Waals surface area contributed by atoms with Crippen molar-refractivity contribution >= 4 is 46.8 Å². The van der Waals surface area contributed by atoms with E-state index in [0.29, 0.717) is 5.56 Å². The van der Waals surface area contributed by atoms with E-state index in [2.05, 4.69) is 5.32 Å². The Morgan fingerprint density at radius 3 is 2.02 bits per heavy atom. The Kier molecular flexibility index (Phi) is 8.55. The first kappa shape index (κ1) is 29.8. The normalized spacial score (nSPS) is 20.6. The summed E-state index contributed by atoms with van der Waals surface area (Å²) in [4.78, 5) is 90.3. The summed E-state index contributed by atoms with van der Waals surface area (Å²) in [6.45, 7) is 7.51. The summed E-state index contributed by atoms with van der Waals surface area (Å²) >= 11 is 0. The third kappa shape index (κ3) is 5.84. The Hall–Kier alpha value is -4.16. The molecule has 0 aliphatic carbocycles. The standard InChI is InChI=1S/C28H35N5O8/c1-15(2)19-13-23(35)31(27(19)38)9-6-22(34)30-8-5-17-11-18(12-21(25(17)30)33(40)41)26(37)29-7-10-32-24(36)14-20(16(3)4)28(32)39/h11-12,15-16,19-20H,5-10,13-14H2,1-4H3,(H,29,37). The molecule has 0 saturated carbocycles. The second-order valence-corrected chi connectivity index (χ2v) is 11.4. The first-order chi connectivity index (χ1) is 19.3. The third-order valence-electron chi connectivity index (χ3n) is 8.14. The number of likely N-dealkylation sites (tertiary alicyclic amines) is 2. The zero-order chi connectivity index (χ0) is 30.2. The Labute approximate surface area is 237 Å². The van der Waals surface area contributed by atoms with E-state index in [1.807, 2.05) is 27.7 Å². The fourth-order valence-corrected chi connectivity index (χ4v) is 5.70. The van der Waals surface area contributed by atoms with E-state index >= 15 is 0 Å². The largest absolute Gasteiger partial charge is 0.350 e. The van der Waals surface area contributed by atoms with Crippen molar-refractivity contribution in [3.63, 3.8) is 0 Å². The number of benzene rings is 1. The first-order valence-corrected chi connectivity index (χ1v) is 13.9. The highest BCUT2D eigenvalue weighted by Crippen LogP contribution is 2.39. The van der Waals surface area contributed by atoms with E-state index in [1.165, 1.54) is 11.0 Å². The van der Waals surface area contributed by atoms with Gasteiger partial charge in [-0.25, -0.2) is 0 Å². The van der Waals surface area contributed by atoms with Gasteiger partial charge in [0.05, 0.1) is 4.92 Å². The van der Waals surface area contributed by atoms with Gasteiger partial charge in [0.1, 0.15) is 5.69 Å². The van der Waals surface area contributed by atoms with E-state index in [9.17, 15) is 38.9 Å². The Morgan fingerprint density at radius 1 is 0.951 bits per heavy atom. The van der Waals surface area contributed by atoms with Gasteiger partial charge in [0.2, 0.25) is 29.5 Å². The molecule has 2 saturated heterocycles. The molecule has 1 aromatic rings. The van der Waals surface area contributed by atoms with Crippen molar-refractivity contribution in [2.45, 2.75) is 53.4 Å². The number of fused-ring (bicyclic) bond motifs is 1. The number of rotatable bonds is 10. The van der Waals surface area contributed by atoms with Crippen molar-refractivity contribution in [1.29, 1.82) is 0 Å². The van der Waals surface area contributed by atoms with E-state index in [4.69, 9.17) is 0 Å². The average Bonchev–Trinajstić information content (AvgIpc) is 3.55. The highest BCUT2D eigenvalue weighted by molar-refractivity contribution is 6.05. The number of anilines is 1. The molecule has 1 aromatic carbocycles. The highest BCUT2D eigenvalue weighted by Gasteiger charge is 2.41. The number of hydrogen-bond acceptors (Lipinski definition) is 8. The third-order valence-corrected chi connectivity index (χ3v) is 8.14. The smallest absolute Gasteiger partial charge is 0.294 e. The molecule has 0 radical (unpaired) electrons. The van der Waals surface area contributed by atoms with Gasteiger partial charge in [0.25, 0.3) is 11.6 Å². The minimum Gasteiger partial charge on any atom is -0.350 e. The summed E-state index contributed by atoms with van der Waals surface area (Å²) in [5.41, 5.74) is 0.174. The van der Waals surface area contributed by atoms with Gasteiger partial charge >= 0.3 is 0 Å².